The Morgan fingerprint density at radius 1 is 0.468 bits per heavy atom. The van der Waals surface area contributed by atoms with Gasteiger partial charge in [-0.3, -0.25) is 9.59 Å². The number of rotatable bonds is 28. The molecule has 126 heavy (non-hydrogen) atoms. The van der Waals surface area contributed by atoms with Crippen LogP contribution in [0.5, 0.6) is 46.0 Å². The Morgan fingerprint density at radius 3 is 1.10 bits per heavy atom. The highest BCUT2D eigenvalue weighted by Crippen LogP contribution is 2.47. The van der Waals surface area contributed by atoms with E-state index in [9.17, 15) is 26.4 Å². The number of anilines is 4. The minimum Gasteiger partial charge on any atom is -0.454 e. The summed E-state index contributed by atoms with van der Waals surface area (Å²) in [7, 11) is -6.78. The molecule has 12 heterocycles. The number of carbonyl (C=O) groups excluding carboxylic acids is 2. The molecule has 17 rings (SSSR count). The third-order valence-electron chi connectivity index (χ3n) is 18.8. The third kappa shape index (κ3) is 22.3. The average Bonchev–Trinajstić information content (AvgIpc) is 1.64. The first-order chi connectivity index (χ1) is 60.2. The van der Waals surface area contributed by atoms with E-state index in [1.807, 2.05) is 96.2 Å². The maximum atomic E-state index is 12.4. The van der Waals surface area contributed by atoms with E-state index in [1.54, 1.807) is 26.0 Å². The van der Waals surface area contributed by atoms with E-state index in [0.29, 0.717) is 193 Å². The quantitative estimate of drug-likeness (QED) is 0.0128. The minimum atomic E-state index is -3.42. The Kier molecular flexibility index (Phi) is 28.6. The second kappa shape index (κ2) is 39.3. The number of hydrogen-bond donors (Lipinski definition) is 8. The Bertz CT molecular complexity index is 6490. The largest absolute Gasteiger partial charge is 0.454 e. The van der Waals surface area contributed by atoms with Crippen LogP contribution in [0.1, 0.15) is 105 Å². The summed E-state index contributed by atoms with van der Waals surface area (Å²) in [5.74, 6) is 12.2. The molecule has 0 bridgehead atoms. The lowest BCUT2D eigenvalue weighted by atomic mass is 9.96. The molecule has 4 aliphatic heterocycles. The molecular formula is C80H88I2N24O14S6. The van der Waals surface area contributed by atoms with Gasteiger partial charge in [-0.2, -0.15) is 0 Å². The number of benzene rings is 4. The highest BCUT2D eigenvalue weighted by molar-refractivity contribution is 14.1. The number of nitrogens with two attached hydrogens (primary N) is 4. The van der Waals surface area contributed by atoms with Crippen LogP contribution in [0.25, 0.3) is 44.7 Å². The predicted octanol–water partition coefficient (Wildman–Crippen LogP) is 10.6. The van der Waals surface area contributed by atoms with Gasteiger partial charge in [0, 0.05) is 112 Å². The molecule has 1 saturated carbocycles. The maximum absolute atomic E-state index is 12.4. The number of ether oxygens (including phenoxy) is 8. The number of nitrogens with zero attached hydrogens (tertiary/aromatic N) is 16. The molecule has 662 valence electrons. The van der Waals surface area contributed by atoms with Crippen molar-refractivity contribution in [3.8, 4) is 70.7 Å². The lowest BCUT2D eigenvalue weighted by Gasteiger charge is -2.20. The van der Waals surface area contributed by atoms with Crippen LogP contribution < -0.4 is 80.9 Å². The van der Waals surface area contributed by atoms with Crippen molar-refractivity contribution >= 4 is 192 Å². The molecule has 12 aromatic rings. The molecule has 0 spiro atoms. The zero-order valence-electron chi connectivity index (χ0n) is 69.4. The first-order valence-electron chi connectivity index (χ1n) is 39.3. The summed E-state index contributed by atoms with van der Waals surface area (Å²) in [6.07, 6.45) is 21.2. The molecule has 46 heteroatoms. The highest BCUT2D eigenvalue weighted by Gasteiger charge is 2.32. The third-order valence-corrected chi connectivity index (χ3v) is 28.9. The fourth-order valence-electron chi connectivity index (χ4n) is 12.8. The van der Waals surface area contributed by atoms with Gasteiger partial charge >= 0.3 is 0 Å². The van der Waals surface area contributed by atoms with E-state index in [4.69, 9.17) is 73.7 Å². The van der Waals surface area contributed by atoms with Crippen LogP contribution >= 0.6 is 92.2 Å². The molecule has 2 amide bonds. The number of halogens is 2. The number of hydrogen-bond acceptors (Lipinski definition) is 34. The Balaban J connectivity index is 0.000000136. The standard InChI is InChI=1S/C22H24N6O3S.C21H20N6O3S.C19H23IN6O4S2.C18H21IN6O4S2/c1-5-13-9-14-15(31-12-30-14)10-16(13)32-21-27-17-18(23)25-11-26-19(17)28(21)8-6-7-24-20(29)22(2,3)4;1-2-12-8-14-15(30-11-29-14)9-16(12)31-21-26-17-18(22)24-10-25-19(17)27(21)7-3-6-23-20(28)13-4-5-13;1-19(2,3)25-32(27,28)6-4-5-26-17-15(16(21)22-9-23-17)24-18(26)31-14-8-13-12(7-11(14)20)29-10-30-13;1-10(2)24-31(26,27)5-3-4-25-17-15(16(20)21-8-22-17)23-18(25)30-14-7-13-12(6-11(14)19)28-9-29-13/h1,9-11H,6-8,12H2,2-4H3,(H,24,29)(H2,23,25,26);1,8-10,13H,3-7,11H2,(H,23,28)(H2,22,24,25);7-9,25H,4-6,10H2,1-3H3,(H2,21,22,23);6-8,10,24H,3-5,9H2,1-2H3,(H2,20,21,22). The molecule has 1 fully saturated rings. The van der Waals surface area contributed by atoms with Crippen molar-refractivity contribution in [2.75, 3.05) is 74.7 Å². The van der Waals surface area contributed by atoms with Crippen LogP contribution in [0.3, 0.4) is 0 Å². The van der Waals surface area contributed by atoms with Gasteiger partial charge in [0.15, 0.2) is 135 Å². The van der Waals surface area contributed by atoms with Crippen LogP contribution in [0, 0.1) is 43.2 Å². The second-order valence-corrected chi connectivity index (χ2v) is 41.1. The number of carbonyl (C=O) groups is 2. The lowest BCUT2D eigenvalue weighted by Crippen LogP contribution is -2.41. The average molecular weight is 2060 g/mol. The summed E-state index contributed by atoms with van der Waals surface area (Å²) in [6, 6.07) is 14.8. The summed E-state index contributed by atoms with van der Waals surface area (Å²) in [5, 5.41) is 8.60. The zero-order valence-corrected chi connectivity index (χ0v) is 78.6. The minimum absolute atomic E-state index is 0.00289. The number of terminal acetylenes is 2. The molecule has 0 atom stereocenters. The van der Waals surface area contributed by atoms with Crippen molar-refractivity contribution in [2.24, 2.45) is 11.3 Å². The fourth-order valence-corrected chi connectivity index (χ4v) is 21.2. The van der Waals surface area contributed by atoms with E-state index in [-0.39, 0.29) is 74.1 Å². The van der Waals surface area contributed by atoms with Crippen molar-refractivity contribution in [2.45, 2.75) is 172 Å². The molecule has 1 aliphatic carbocycles. The monoisotopic (exact) mass is 2050 g/mol. The molecule has 5 aliphatic rings. The van der Waals surface area contributed by atoms with Crippen molar-refractivity contribution in [3.05, 3.63) is 92.1 Å². The summed E-state index contributed by atoms with van der Waals surface area (Å²) in [5.41, 5.74) is 29.0. The Morgan fingerprint density at radius 2 is 0.778 bits per heavy atom. The predicted molar refractivity (Wildman–Crippen MR) is 492 cm³/mol. The highest BCUT2D eigenvalue weighted by atomic mass is 127. The van der Waals surface area contributed by atoms with E-state index in [0.717, 1.165) is 46.0 Å². The van der Waals surface area contributed by atoms with Gasteiger partial charge in [-0.1, -0.05) is 79.7 Å². The van der Waals surface area contributed by atoms with Gasteiger partial charge in [0.1, 0.15) is 25.3 Å². The molecule has 4 aromatic carbocycles. The SMILES string of the molecule is C#Cc1cc2c(cc1Sc1nc3c(N)ncnc3n1CCCNC(=O)C(C)(C)C)OCO2.C#Cc1cc2c(cc1Sc1nc3c(N)ncnc3n1CCCNC(=O)C1CC1)OCO2.CC(C)(C)NS(=O)(=O)CCCn1c(Sc2cc3c(cc2I)OCO3)nc2c(N)ncnc21.CC(C)NS(=O)(=O)CCCn1c(Sc2cc3c(cc2I)OCO3)nc2c(N)ncnc21. The fraction of sp³-hybridized carbons (Fsp3) is 0.375. The van der Waals surface area contributed by atoms with Crippen LogP contribution in [0.4, 0.5) is 23.3 Å². The van der Waals surface area contributed by atoms with Crippen LogP contribution in [0.15, 0.2) is 114 Å². The number of amides is 2. The molecule has 0 radical (unpaired) electrons. The van der Waals surface area contributed by atoms with Crippen molar-refractivity contribution in [1.29, 1.82) is 0 Å². The van der Waals surface area contributed by atoms with Gasteiger partial charge in [-0.25, -0.2) is 86.1 Å². The number of nitrogens with one attached hydrogen (secondary N) is 4. The van der Waals surface area contributed by atoms with Gasteiger partial charge in [0.25, 0.3) is 0 Å². The summed E-state index contributed by atoms with van der Waals surface area (Å²) in [6.45, 7) is 18.5. The van der Waals surface area contributed by atoms with Gasteiger partial charge < -0.3 is 89.7 Å². The van der Waals surface area contributed by atoms with Gasteiger partial charge in [-0.15, -0.1) is 12.8 Å². The Labute approximate surface area is 768 Å². The van der Waals surface area contributed by atoms with Crippen molar-refractivity contribution in [1.82, 2.24) is 98.2 Å². The molecule has 8 aromatic heterocycles. The summed E-state index contributed by atoms with van der Waals surface area (Å²) >= 11 is 10.1. The van der Waals surface area contributed by atoms with E-state index < -0.39 is 31.0 Å². The summed E-state index contributed by atoms with van der Waals surface area (Å²) < 4.78 is 108. The van der Waals surface area contributed by atoms with Gasteiger partial charge in [0.05, 0.1) is 11.5 Å². The Hall–Kier alpha value is -10.6. The summed E-state index contributed by atoms with van der Waals surface area (Å²) in [4.78, 5) is 79.8. The number of sulfonamides is 2. The van der Waals surface area contributed by atoms with E-state index >= 15 is 0 Å². The van der Waals surface area contributed by atoms with Gasteiger partial charge in [-0.05, 0) is 155 Å². The first kappa shape index (κ1) is 91.6. The number of aromatic nitrogens is 16. The van der Waals surface area contributed by atoms with Crippen molar-refractivity contribution < 1.29 is 64.3 Å². The number of fused-ring (bicyclic) bond motifs is 8. The molecule has 0 saturated heterocycles. The second-order valence-electron chi connectivity index (χ2n) is 31.0. The van der Waals surface area contributed by atoms with E-state index in [2.05, 4.69) is 137 Å². The first-order valence-corrected chi connectivity index (χ1v) is 48.0. The topological polar surface area (TPSA) is 503 Å². The van der Waals surface area contributed by atoms with Crippen LogP contribution in [0.2, 0.25) is 0 Å². The maximum Gasteiger partial charge on any atom is 0.231 e. The smallest absolute Gasteiger partial charge is 0.231 e. The number of imidazole rings is 4. The van der Waals surface area contributed by atoms with E-state index in [1.165, 1.54) is 72.4 Å². The molecular weight excluding hydrogens is 1970 g/mol. The molecule has 0 unspecified atom stereocenters. The lowest BCUT2D eigenvalue weighted by molar-refractivity contribution is -0.128. The number of aryl methyl sites for hydroxylation is 4. The van der Waals surface area contributed by atoms with Crippen LogP contribution in [-0.4, -0.2) is 170 Å². The van der Waals surface area contributed by atoms with Gasteiger partial charge in [0.2, 0.25) is 59.0 Å². The van der Waals surface area contributed by atoms with Crippen molar-refractivity contribution in [3.63, 3.8) is 0 Å². The van der Waals surface area contributed by atoms with Crippen LogP contribution in [-0.2, 0) is 55.8 Å². The molecule has 38 nitrogen and oxygen atoms in total. The normalized spacial score (nSPS) is 13.6. The number of nitrogen functional groups attached to an aromatic ring is 4. The zero-order chi connectivity index (χ0) is 89.5. The molecule has 12 N–H and O–H groups in total.